The molecule has 0 aromatic carbocycles. The van der Waals surface area contributed by atoms with E-state index < -0.39 is 42.7 Å². The van der Waals surface area contributed by atoms with Crippen molar-refractivity contribution in [2.24, 2.45) is 21.7 Å². The maximum atomic E-state index is 10.5. The maximum Gasteiger partial charge on any atom is 0.332 e. The standard InChI is InChI=1S/C8H16N6O6/c9-7(19)13-11-1-3(12-14-8(10)20)5(17)6(18)4(16)2-15/h1,4-6,15-18H,2H2,(H3,9,13,19)(H3,10,14,20)/b11-1-,12-3+/t4-,5+,6-/m0/s1. The number of rotatable bonds is 7. The number of nitrogens with one attached hydrogen (secondary N) is 2. The summed E-state index contributed by atoms with van der Waals surface area (Å²) in [5, 5.41) is 43.5. The van der Waals surface area contributed by atoms with Crippen LogP contribution >= 0.6 is 0 Å². The van der Waals surface area contributed by atoms with Crippen LogP contribution in [0.5, 0.6) is 0 Å². The molecule has 0 unspecified atom stereocenters. The van der Waals surface area contributed by atoms with E-state index in [1.165, 1.54) is 0 Å². The van der Waals surface area contributed by atoms with Gasteiger partial charge < -0.3 is 31.9 Å². The molecule has 0 spiro atoms. The van der Waals surface area contributed by atoms with Crippen molar-refractivity contribution in [3.05, 3.63) is 0 Å². The number of carbonyl (C=O) groups excluding carboxylic acids is 2. The third-order valence-corrected chi connectivity index (χ3v) is 1.87. The lowest BCUT2D eigenvalue weighted by molar-refractivity contribution is -0.0549. The van der Waals surface area contributed by atoms with Crippen molar-refractivity contribution in [1.82, 2.24) is 10.9 Å². The van der Waals surface area contributed by atoms with Gasteiger partial charge in [-0.15, -0.1) is 0 Å². The van der Waals surface area contributed by atoms with E-state index in [1.807, 2.05) is 0 Å². The molecule has 0 saturated carbocycles. The predicted molar refractivity (Wildman–Crippen MR) is 66.5 cm³/mol. The van der Waals surface area contributed by atoms with Gasteiger partial charge >= 0.3 is 12.1 Å². The van der Waals surface area contributed by atoms with Crippen LogP contribution in [0.2, 0.25) is 0 Å². The van der Waals surface area contributed by atoms with Crippen LogP contribution in [-0.2, 0) is 0 Å². The first-order valence-corrected chi connectivity index (χ1v) is 5.16. The molecular weight excluding hydrogens is 276 g/mol. The lowest BCUT2D eigenvalue weighted by Gasteiger charge is -2.21. The van der Waals surface area contributed by atoms with Crippen LogP contribution in [-0.4, -0.2) is 69.3 Å². The van der Waals surface area contributed by atoms with E-state index >= 15 is 0 Å². The van der Waals surface area contributed by atoms with Gasteiger partial charge in [-0.05, 0) is 0 Å². The summed E-state index contributed by atoms with van der Waals surface area (Å²) in [6.07, 6.45) is -4.57. The molecule has 3 atom stereocenters. The van der Waals surface area contributed by atoms with Crippen LogP contribution in [0.4, 0.5) is 9.59 Å². The molecule has 12 heteroatoms. The molecule has 0 saturated heterocycles. The normalized spacial score (nSPS) is 16.5. The molecule has 4 amide bonds. The average molecular weight is 292 g/mol. The second-order valence-electron chi connectivity index (χ2n) is 3.43. The summed E-state index contributed by atoms with van der Waals surface area (Å²) in [4.78, 5) is 20.9. The van der Waals surface area contributed by atoms with E-state index in [2.05, 4.69) is 10.2 Å². The molecule has 0 aliphatic rings. The van der Waals surface area contributed by atoms with Gasteiger partial charge in [0.25, 0.3) is 0 Å². The highest BCUT2D eigenvalue weighted by Crippen LogP contribution is 2.01. The second kappa shape index (κ2) is 8.76. The van der Waals surface area contributed by atoms with Crippen molar-refractivity contribution in [2.45, 2.75) is 18.3 Å². The fourth-order valence-corrected chi connectivity index (χ4v) is 0.946. The minimum Gasteiger partial charge on any atom is -0.394 e. The molecule has 0 rings (SSSR count). The van der Waals surface area contributed by atoms with Crippen LogP contribution < -0.4 is 22.3 Å². The zero-order valence-electron chi connectivity index (χ0n) is 10.2. The summed E-state index contributed by atoms with van der Waals surface area (Å²) in [7, 11) is 0. The zero-order valence-corrected chi connectivity index (χ0v) is 10.2. The minimum atomic E-state index is -1.83. The van der Waals surface area contributed by atoms with Crippen LogP contribution in [0, 0.1) is 0 Å². The van der Waals surface area contributed by atoms with Gasteiger partial charge in [0.05, 0.1) is 12.8 Å². The third-order valence-electron chi connectivity index (χ3n) is 1.87. The Balaban J connectivity index is 5.00. The lowest BCUT2D eigenvalue weighted by atomic mass is 10.0. The average Bonchev–Trinajstić information content (AvgIpc) is 2.39. The molecule has 10 N–H and O–H groups in total. The van der Waals surface area contributed by atoms with Crippen molar-refractivity contribution in [1.29, 1.82) is 0 Å². The van der Waals surface area contributed by atoms with Gasteiger partial charge in [-0.3, -0.25) is 0 Å². The van der Waals surface area contributed by atoms with Crippen molar-refractivity contribution in [3.8, 4) is 0 Å². The Morgan fingerprint density at radius 1 is 1.15 bits per heavy atom. The highest BCUT2D eigenvalue weighted by molar-refractivity contribution is 6.32. The van der Waals surface area contributed by atoms with E-state index in [-0.39, 0.29) is 0 Å². The Bertz CT molecular complexity index is 399. The van der Waals surface area contributed by atoms with Gasteiger partial charge in [-0.1, -0.05) is 0 Å². The number of hydrogen-bond acceptors (Lipinski definition) is 8. The molecule has 0 aliphatic heterocycles. The molecule has 114 valence electrons. The number of hydrogen-bond donors (Lipinski definition) is 8. The van der Waals surface area contributed by atoms with Crippen LogP contribution in [0.3, 0.4) is 0 Å². The number of aliphatic hydroxyl groups is 4. The SMILES string of the molecule is NC(=O)N/N=C\C(=N/NC(N)=O)[C@@H](O)[C@@H](O)[C@@H](O)CO. The molecular formula is C8H16N6O6. The summed E-state index contributed by atoms with van der Waals surface area (Å²) >= 11 is 0. The Kier molecular flexibility index (Phi) is 7.76. The number of carbonyl (C=O) groups is 2. The highest BCUT2D eigenvalue weighted by Gasteiger charge is 2.28. The minimum absolute atomic E-state index is 0.461. The summed E-state index contributed by atoms with van der Waals surface area (Å²) in [5.41, 5.74) is 12.6. The van der Waals surface area contributed by atoms with Crippen molar-refractivity contribution < 1.29 is 30.0 Å². The van der Waals surface area contributed by atoms with E-state index in [0.29, 0.717) is 0 Å². The Morgan fingerprint density at radius 3 is 2.15 bits per heavy atom. The van der Waals surface area contributed by atoms with Gasteiger partial charge in [-0.25, -0.2) is 20.4 Å². The molecule has 0 heterocycles. The predicted octanol–water partition coefficient (Wildman–Crippen LogP) is -4.26. The Hall–Kier alpha value is -2.28. The fourth-order valence-electron chi connectivity index (χ4n) is 0.946. The smallest absolute Gasteiger partial charge is 0.332 e. The summed E-state index contributed by atoms with van der Waals surface area (Å²) in [6, 6.07) is -2.07. The van der Waals surface area contributed by atoms with Crippen molar-refractivity contribution in [2.75, 3.05) is 6.61 Å². The number of nitrogens with zero attached hydrogens (tertiary/aromatic N) is 2. The topological polar surface area (TPSA) is 216 Å². The van der Waals surface area contributed by atoms with Gasteiger partial charge in [0.15, 0.2) is 0 Å². The lowest BCUT2D eigenvalue weighted by Crippen LogP contribution is -2.45. The molecule has 0 radical (unpaired) electrons. The maximum absolute atomic E-state index is 10.5. The fraction of sp³-hybridized carbons (Fsp3) is 0.500. The van der Waals surface area contributed by atoms with E-state index in [4.69, 9.17) is 16.6 Å². The largest absolute Gasteiger partial charge is 0.394 e. The Labute approximate surface area is 112 Å². The molecule has 0 aliphatic carbocycles. The number of amides is 4. The van der Waals surface area contributed by atoms with Gasteiger partial charge in [0.1, 0.15) is 24.0 Å². The number of aliphatic hydroxyl groups excluding tert-OH is 4. The number of primary amides is 2. The summed E-state index contributed by atoms with van der Waals surface area (Å²) in [6.45, 7) is -0.828. The Morgan fingerprint density at radius 2 is 1.70 bits per heavy atom. The number of hydrazone groups is 2. The van der Waals surface area contributed by atoms with E-state index in [0.717, 1.165) is 6.21 Å². The molecule has 0 aromatic heterocycles. The highest BCUT2D eigenvalue weighted by atomic mass is 16.4. The number of nitrogens with two attached hydrogens (primary N) is 2. The number of urea groups is 2. The van der Waals surface area contributed by atoms with Gasteiger partial charge in [-0.2, -0.15) is 10.2 Å². The third kappa shape index (κ3) is 6.60. The van der Waals surface area contributed by atoms with Gasteiger partial charge in [0.2, 0.25) is 0 Å². The molecule has 0 bridgehead atoms. The van der Waals surface area contributed by atoms with Crippen LogP contribution in [0.1, 0.15) is 0 Å². The van der Waals surface area contributed by atoms with Crippen LogP contribution in [0.15, 0.2) is 10.2 Å². The van der Waals surface area contributed by atoms with E-state index in [1.54, 1.807) is 10.9 Å². The first-order chi connectivity index (χ1) is 9.29. The quantitative estimate of drug-likeness (QED) is 0.171. The zero-order chi connectivity index (χ0) is 15.7. The molecule has 12 nitrogen and oxygen atoms in total. The molecule has 20 heavy (non-hydrogen) atoms. The van der Waals surface area contributed by atoms with Crippen LogP contribution in [0.25, 0.3) is 0 Å². The summed E-state index contributed by atoms with van der Waals surface area (Å²) < 4.78 is 0. The monoisotopic (exact) mass is 292 g/mol. The first kappa shape index (κ1) is 17.7. The molecule has 0 fully saturated rings. The van der Waals surface area contributed by atoms with E-state index in [9.17, 15) is 24.9 Å². The van der Waals surface area contributed by atoms with Crippen molar-refractivity contribution in [3.63, 3.8) is 0 Å². The first-order valence-electron chi connectivity index (χ1n) is 5.16. The van der Waals surface area contributed by atoms with Crippen molar-refractivity contribution >= 4 is 24.0 Å². The molecule has 0 aromatic rings. The summed E-state index contributed by atoms with van der Waals surface area (Å²) in [5.74, 6) is 0. The van der Waals surface area contributed by atoms with Gasteiger partial charge in [0, 0.05) is 0 Å². The second-order valence-corrected chi connectivity index (χ2v) is 3.43.